The molecule has 8 heteroatoms. The van der Waals surface area contributed by atoms with E-state index in [4.69, 9.17) is 11.6 Å². The highest BCUT2D eigenvalue weighted by molar-refractivity contribution is 6.33. The summed E-state index contributed by atoms with van der Waals surface area (Å²) in [4.78, 5) is 20.6. The topological polar surface area (TPSA) is 54.9 Å². The van der Waals surface area contributed by atoms with E-state index in [9.17, 15) is 18.0 Å². The third-order valence-electron chi connectivity index (χ3n) is 4.63. The summed E-state index contributed by atoms with van der Waals surface area (Å²) in [5.74, 6) is -0.583. The van der Waals surface area contributed by atoms with E-state index in [1.165, 1.54) is 6.92 Å². The second-order valence-corrected chi connectivity index (χ2v) is 7.11. The van der Waals surface area contributed by atoms with Crippen molar-refractivity contribution in [3.8, 4) is 11.3 Å². The lowest BCUT2D eigenvalue weighted by Crippen LogP contribution is -2.16. The van der Waals surface area contributed by atoms with Crippen LogP contribution >= 0.6 is 11.6 Å². The van der Waals surface area contributed by atoms with E-state index in [1.807, 2.05) is 6.07 Å². The van der Waals surface area contributed by atoms with Crippen LogP contribution in [-0.4, -0.2) is 15.9 Å². The van der Waals surface area contributed by atoms with Gasteiger partial charge in [0.05, 0.1) is 22.0 Å². The van der Waals surface area contributed by atoms with Crippen molar-refractivity contribution in [2.75, 3.05) is 5.32 Å². The molecule has 31 heavy (non-hydrogen) atoms. The van der Waals surface area contributed by atoms with Gasteiger partial charge in [0.2, 0.25) is 0 Å². The maximum Gasteiger partial charge on any atom is 0.433 e. The summed E-state index contributed by atoms with van der Waals surface area (Å²) in [5.41, 5.74) is 0.575. The lowest BCUT2D eigenvalue weighted by molar-refractivity contribution is -0.141. The number of nitrogens with one attached hydrogen (secondary N) is 1. The lowest BCUT2D eigenvalue weighted by Gasteiger charge is -2.12. The zero-order valence-corrected chi connectivity index (χ0v) is 16.8. The molecule has 0 aliphatic rings. The van der Waals surface area contributed by atoms with Crippen molar-refractivity contribution in [1.29, 1.82) is 0 Å². The van der Waals surface area contributed by atoms with E-state index in [1.54, 1.807) is 36.5 Å². The maximum absolute atomic E-state index is 12.8. The molecule has 0 unspecified atom stereocenters. The SMILES string of the molecule is Cc1nc(C(F)(F)F)ccc1C(=O)Nc1ccc(Cl)c(-c2nccc3c#cccc23)c1. The third-order valence-corrected chi connectivity index (χ3v) is 4.96. The largest absolute Gasteiger partial charge is 0.433 e. The van der Waals surface area contributed by atoms with Gasteiger partial charge in [0.1, 0.15) is 5.69 Å². The number of benzene rings is 1. The molecule has 2 heterocycles. The van der Waals surface area contributed by atoms with E-state index in [0.717, 1.165) is 22.9 Å². The molecule has 1 N–H and O–H groups in total. The second kappa shape index (κ2) is 7.89. The summed E-state index contributed by atoms with van der Waals surface area (Å²) in [7, 11) is 0. The molecule has 4 nitrogen and oxygen atoms in total. The first-order valence-electron chi connectivity index (χ1n) is 9.07. The smallest absolute Gasteiger partial charge is 0.322 e. The third kappa shape index (κ3) is 4.16. The molecule has 154 valence electrons. The highest BCUT2D eigenvalue weighted by Gasteiger charge is 2.33. The number of fused-ring (bicyclic) bond motifs is 1. The molecule has 0 saturated carbocycles. The van der Waals surface area contributed by atoms with Crippen molar-refractivity contribution in [3.05, 3.63) is 88.8 Å². The number of halogens is 4. The second-order valence-electron chi connectivity index (χ2n) is 6.70. The van der Waals surface area contributed by atoms with Crippen molar-refractivity contribution >= 4 is 34.0 Å². The van der Waals surface area contributed by atoms with Crippen LogP contribution in [0.1, 0.15) is 21.7 Å². The first kappa shape index (κ1) is 20.6. The van der Waals surface area contributed by atoms with Crippen molar-refractivity contribution in [2.45, 2.75) is 13.1 Å². The molecule has 0 aliphatic heterocycles. The number of carbonyl (C=O) groups is 1. The highest BCUT2D eigenvalue weighted by Crippen LogP contribution is 2.33. The van der Waals surface area contributed by atoms with Crippen LogP contribution in [0.4, 0.5) is 18.9 Å². The average molecular weight is 440 g/mol. The molecule has 2 aromatic carbocycles. The summed E-state index contributed by atoms with van der Waals surface area (Å²) < 4.78 is 38.4. The number of rotatable bonds is 3. The molecule has 0 bridgehead atoms. The standard InChI is InChI=1S/C23H13ClF3N3O/c1-13-16(7-9-20(29-13)23(25,26)27)22(31)30-15-6-8-19(24)18(12-15)21-17-5-3-2-4-14(17)10-11-28-21/h3,5-12H,1H3,(H,30,31). The first-order valence-corrected chi connectivity index (χ1v) is 9.45. The fraction of sp³-hybridized carbons (Fsp3) is 0.0870. The number of alkyl halides is 3. The number of anilines is 1. The number of aromatic nitrogens is 2. The lowest BCUT2D eigenvalue weighted by atomic mass is 10.0. The molecular formula is C23H13ClF3N3O. The molecule has 4 aromatic rings. The molecule has 1 amide bonds. The van der Waals surface area contributed by atoms with Gasteiger partial charge >= 0.3 is 6.18 Å². The first-order chi connectivity index (χ1) is 14.7. The number of aryl methyl sites for hydroxylation is 1. The van der Waals surface area contributed by atoms with Crippen molar-refractivity contribution < 1.29 is 18.0 Å². The predicted octanol–water partition coefficient (Wildman–Crippen LogP) is 6.13. The van der Waals surface area contributed by atoms with Crippen LogP contribution in [0.25, 0.3) is 22.0 Å². The minimum absolute atomic E-state index is 0.0241. The Hall–Kier alpha value is -3.63. The van der Waals surface area contributed by atoms with Crippen molar-refractivity contribution in [1.82, 2.24) is 9.97 Å². The van der Waals surface area contributed by atoms with Gasteiger partial charge in [-0.15, -0.1) is 0 Å². The molecule has 0 atom stereocenters. The summed E-state index contributed by atoms with van der Waals surface area (Å²) >= 11 is 6.38. The molecule has 0 fully saturated rings. The minimum atomic E-state index is -4.58. The van der Waals surface area contributed by atoms with E-state index in [2.05, 4.69) is 27.4 Å². The number of pyridine rings is 2. The summed E-state index contributed by atoms with van der Waals surface area (Å²) in [6.07, 6.45) is -2.95. The van der Waals surface area contributed by atoms with E-state index < -0.39 is 17.8 Å². The molecule has 2 aromatic heterocycles. The summed E-state index contributed by atoms with van der Waals surface area (Å²) in [6, 6.07) is 18.0. The Bertz CT molecular complexity index is 1300. The number of hydrogen-bond donors (Lipinski definition) is 1. The van der Waals surface area contributed by atoms with Crippen LogP contribution in [0.2, 0.25) is 5.02 Å². The van der Waals surface area contributed by atoms with E-state index in [-0.39, 0.29) is 11.3 Å². The highest BCUT2D eigenvalue weighted by atomic mass is 35.5. The Morgan fingerprint density at radius 3 is 2.68 bits per heavy atom. The Morgan fingerprint density at radius 1 is 1.13 bits per heavy atom. The number of amides is 1. The molecule has 0 spiro atoms. The minimum Gasteiger partial charge on any atom is -0.322 e. The molecule has 0 saturated heterocycles. The van der Waals surface area contributed by atoms with Crippen LogP contribution < -0.4 is 5.32 Å². The van der Waals surface area contributed by atoms with Gasteiger partial charge in [-0.2, -0.15) is 13.2 Å². The van der Waals surface area contributed by atoms with Crippen molar-refractivity contribution in [2.24, 2.45) is 0 Å². The zero-order chi connectivity index (χ0) is 22.2. The van der Waals surface area contributed by atoms with Crippen LogP contribution in [0.15, 0.2) is 54.7 Å². The van der Waals surface area contributed by atoms with Gasteiger partial charge in [0.15, 0.2) is 0 Å². The summed E-state index contributed by atoms with van der Waals surface area (Å²) in [6.45, 7) is 1.35. The van der Waals surface area contributed by atoms with Gasteiger partial charge in [0, 0.05) is 28.2 Å². The molecular weight excluding hydrogens is 427 g/mol. The molecule has 0 aliphatic carbocycles. The van der Waals surface area contributed by atoms with Gasteiger partial charge in [0.25, 0.3) is 5.91 Å². The maximum atomic E-state index is 12.8. The Balaban J connectivity index is 1.67. The quantitative estimate of drug-likeness (QED) is 0.418. The Morgan fingerprint density at radius 2 is 1.94 bits per heavy atom. The predicted molar refractivity (Wildman–Crippen MR) is 112 cm³/mol. The van der Waals surface area contributed by atoms with E-state index in [0.29, 0.717) is 22.0 Å². The van der Waals surface area contributed by atoms with Gasteiger partial charge < -0.3 is 5.32 Å². The van der Waals surface area contributed by atoms with Gasteiger partial charge in [-0.3, -0.25) is 9.78 Å². The van der Waals surface area contributed by atoms with Crippen LogP contribution in [0.3, 0.4) is 0 Å². The normalized spacial score (nSPS) is 11.3. The monoisotopic (exact) mass is 439 g/mol. The number of nitrogens with zero attached hydrogens (tertiary/aromatic N) is 2. The molecule has 4 rings (SSSR count). The molecule has 0 radical (unpaired) electrons. The average Bonchev–Trinajstić information content (AvgIpc) is 2.74. The number of carbonyl (C=O) groups excluding carboxylic acids is 1. The Kier molecular flexibility index (Phi) is 5.25. The zero-order valence-electron chi connectivity index (χ0n) is 16.0. The Labute approximate surface area is 180 Å². The van der Waals surface area contributed by atoms with Crippen LogP contribution in [0, 0.1) is 19.1 Å². The van der Waals surface area contributed by atoms with Gasteiger partial charge in [-0.25, -0.2) is 4.98 Å². The van der Waals surface area contributed by atoms with E-state index >= 15 is 0 Å². The van der Waals surface area contributed by atoms with Crippen LogP contribution in [0.5, 0.6) is 0 Å². The fourth-order valence-corrected chi connectivity index (χ4v) is 3.36. The van der Waals surface area contributed by atoms with Gasteiger partial charge in [-0.1, -0.05) is 23.7 Å². The van der Waals surface area contributed by atoms with Crippen molar-refractivity contribution in [3.63, 3.8) is 0 Å². The van der Waals surface area contributed by atoms with Crippen LogP contribution in [-0.2, 0) is 6.18 Å². The number of hydrogen-bond acceptors (Lipinski definition) is 3. The fourth-order valence-electron chi connectivity index (χ4n) is 3.15. The van der Waals surface area contributed by atoms with Gasteiger partial charge in [-0.05, 0) is 55.5 Å². The summed E-state index contributed by atoms with van der Waals surface area (Å²) in [5, 5.41) is 4.73.